The first-order chi connectivity index (χ1) is 24.1. The molecule has 4 N–H and O–H groups in total. The van der Waals surface area contributed by atoms with Gasteiger partial charge in [0.05, 0.1) is 13.2 Å². The zero-order valence-electron chi connectivity index (χ0n) is 31.2. The SMILES string of the molecule is CCC/C=C\C/C=C\CCCCCCCC(=O)OC(COC(=O)CCCCCCCCCCCCCCC)COP(=O)(O)OCC(N)C(=O)O. The van der Waals surface area contributed by atoms with Gasteiger partial charge in [-0.05, 0) is 38.5 Å². The fraction of sp³-hybridized carbons (Fsp3) is 0.816. The van der Waals surface area contributed by atoms with Crippen LogP contribution in [0.3, 0.4) is 0 Å². The van der Waals surface area contributed by atoms with Crippen molar-refractivity contribution in [3.8, 4) is 0 Å². The summed E-state index contributed by atoms with van der Waals surface area (Å²) in [5.41, 5.74) is 5.31. The van der Waals surface area contributed by atoms with E-state index in [1.165, 1.54) is 57.8 Å². The fourth-order valence-electron chi connectivity index (χ4n) is 5.10. The van der Waals surface area contributed by atoms with E-state index < -0.39 is 51.1 Å². The average molecular weight is 732 g/mol. The lowest BCUT2D eigenvalue weighted by Crippen LogP contribution is -2.34. The van der Waals surface area contributed by atoms with Gasteiger partial charge in [-0.3, -0.25) is 23.4 Å². The average Bonchev–Trinajstić information content (AvgIpc) is 3.09. The Kier molecular flexibility index (Phi) is 32.7. The molecular formula is C38H70NO10P. The number of rotatable bonds is 36. The molecule has 12 heteroatoms. The van der Waals surface area contributed by atoms with Crippen molar-refractivity contribution >= 4 is 25.7 Å². The first kappa shape index (κ1) is 48.0. The number of unbranched alkanes of at least 4 members (excludes halogenated alkanes) is 18. The van der Waals surface area contributed by atoms with Crippen LogP contribution in [0, 0.1) is 0 Å². The molecule has 0 amide bonds. The van der Waals surface area contributed by atoms with Crippen LogP contribution >= 0.6 is 7.82 Å². The molecule has 50 heavy (non-hydrogen) atoms. The van der Waals surface area contributed by atoms with Gasteiger partial charge in [0.25, 0.3) is 0 Å². The highest BCUT2D eigenvalue weighted by atomic mass is 31.2. The third-order valence-corrected chi connectivity index (χ3v) is 9.13. The summed E-state index contributed by atoms with van der Waals surface area (Å²) in [6, 6.07) is -1.52. The largest absolute Gasteiger partial charge is 0.480 e. The number of carbonyl (C=O) groups excluding carboxylic acids is 2. The maximum absolute atomic E-state index is 12.5. The Labute approximate surface area is 302 Å². The second kappa shape index (κ2) is 34.1. The number of esters is 2. The van der Waals surface area contributed by atoms with Gasteiger partial charge in [-0.2, -0.15) is 0 Å². The molecular weight excluding hydrogens is 661 g/mol. The number of hydrogen-bond acceptors (Lipinski definition) is 9. The lowest BCUT2D eigenvalue weighted by molar-refractivity contribution is -0.161. The molecule has 0 aliphatic heterocycles. The standard InChI is InChI=1S/C38H70NO10P/c1-3-5-7-9-11-13-15-17-19-21-23-25-27-29-36(40)46-31-34(32-47-50(44,45)48-33-35(39)38(42)43)49-37(41)30-28-26-24-22-20-18-16-14-12-10-8-6-4-2/h8,10,14,16,34-35H,3-7,9,11-13,15,17-33,39H2,1-2H3,(H,42,43)(H,44,45)/b10-8-,16-14-. The van der Waals surface area contributed by atoms with Gasteiger partial charge in [0, 0.05) is 12.8 Å². The van der Waals surface area contributed by atoms with Crippen molar-refractivity contribution in [3.05, 3.63) is 24.3 Å². The third-order valence-electron chi connectivity index (χ3n) is 8.18. The predicted molar refractivity (Wildman–Crippen MR) is 199 cm³/mol. The summed E-state index contributed by atoms with van der Waals surface area (Å²) >= 11 is 0. The van der Waals surface area contributed by atoms with E-state index in [9.17, 15) is 23.8 Å². The van der Waals surface area contributed by atoms with Crippen molar-refractivity contribution in [3.63, 3.8) is 0 Å². The van der Waals surface area contributed by atoms with Crippen molar-refractivity contribution in [1.29, 1.82) is 0 Å². The van der Waals surface area contributed by atoms with E-state index >= 15 is 0 Å². The van der Waals surface area contributed by atoms with Crippen LogP contribution < -0.4 is 5.73 Å². The zero-order valence-corrected chi connectivity index (χ0v) is 32.1. The lowest BCUT2D eigenvalue weighted by Gasteiger charge is -2.20. The molecule has 11 nitrogen and oxygen atoms in total. The Morgan fingerprint density at radius 2 is 1.10 bits per heavy atom. The van der Waals surface area contributed by atoms with Gasteiger partial charge in [0.2, 0.25) is 0 Å². The molecule has 0 rings (SSSR count). The van der Waals surface area contributed by atoms with E-state index in [4.69, 9.17) is 24.8 Å². The van der Waals surface area contributed by atoms with Crippen LogP contribution in [0.5, 0.6) is 0 Å². The number of aliphatic carboxylic acids is 1. The zero-order chi connectivity index (χ0) is 37.1. The van der Waals surface area contributed by atoms with Crippen molar-refractivity contribution in [2.24, 2.45) is 5.73 Å². The Morgan fingerprint density at radius 3 is 1.64 bits per heavy atom. The van der Waals surface area contributed by atoms with E-state index in [0.717, 1.165) is 70.6 Å². The summed E-state index contributed by atoms with van der Waals surface area (Å²) < 4.78 is 32.5. The van der Waals surface area contributed by atoms with Gasteiger partial charge >= 0.3 is 25.7 Å². The van der Waals surface area contributed by atoms with Crippen molar-refractivity contribution < 1.29 is 47.5 Å². The van der Waals surface area contributed by atoms with Gasteiger partial charge in [-0.15, -0.1) is 0 Å². The number of ether oxygens (including phenoxy) is 2. The Balaban J connectivity index is 4.44. The van der Waals surface area contributed by atoms with E-state index in [-0.39, 0.29) is 19.4 Å². The second-order valence-electron chi connectivity index (χ2n) is 13.1. The van der Waals surface area contributed by atoms with Gasteiger partial charge in [0.15, 0.2) is 6.10 Å². The minimum absolute atomic E-state index is 0.147. The smallest absolute Gasteiger partial charge is 0.472 e. The first-order valence-corrected chi connectivity index (χ1v) is 20.9. The van der Waals surface area contributed by atoms with Gasteiger partial charge in [0.1, 0.15) is 12.6 Å². The van der Waals surface area contributed by atoms with Crippen LogP contribution in [-0.2, 0) is 37.5 Å². The first-order valence-electron chi connectivity index (χ1n) is 19.4. The number of phosphoric ester groups is 1. The highest BCUT2D eigenvalue weighted by Gasteiger charge is 2.28. The van der Waals surface area contributed by atoms with Crippen LogP contribution in [0.15, 0.2) is 24.3 Å². The van der Waals surface area contributed by atoms with E-state index in [1.807, 2.05) is 0 Å². The highest BCUT2D eigenvalue weighted by molar-refractivity contribution is 7.47. The Bertz CT molecular complexity index is 958. The van der Waals surface area contributed by atoms with Gasteiger partial charge in [-0.1, -0.05) is 141 Å². The minimum atomic E-state index is -4.71. The molecule has 0 aromatic heterocycles. The quantitative estimate of drug-likeness (QED) is 0.0242. The van der Waals surface area contributed by atoms with Crippen LogP contribution in [0.1, 0.15) is 168 Å². The predicted octanol–water partition coefficient (Wildman–Crippen LogP) is 9.50. The molecule has 0 radical (unpaired) electrons. The highest BCUT2D eigenvalue weighted by Crippen LogP contribution is 2.43. The summed E-state index contributed by atoms with van der Waals surface area (Å²) in [5.74, 6) is -2.39. The molecule has 0 heterocycles. The summed E-state index contributed by atoms with van der Waals surface area (Å²) in [7, 11) is -4.71. The number of phosphoric acid groups is 1. The summed E-state index contributed by atoms with van der Waals surface area (Å²) in [6.07, 6.45) is 32.5. The molecule has 3 unspecified atom stereocenters. The van der Waals surface area contributed by atoms with Crippen LogP contribution in [-0.4, -0.2) is 59.9 Å². The van der Waals surface area contributed by atoms with E-state index in [1.54, 1.807) is 0 Å². The Morgan fingerprint density at radius 1 is 0.620 bits per heavy atom. The van der Waals surface area contributed by atoms with Crippen molar-refractivity contribution in [2.45, 2.75) is 180 Å². The number of carboxylic acids is 1. The fourth-order valence-corrected chi connectivity index (χ4v) is 5.88. The number of nitrogens with two attached hydrogens (primary N) is 1. The summed E-state index contributed by atoms with van der Waals surface area (Å²) in [5, 5.41) is 8.85. The molecule has 0 spiro atoms. The molecule has 292 valence electrons. The summed E-state index contributed by atoms with van der Waals surface area (Å²) in [4.78, 5) is 45.7. The van der Waals surface area contributed by atoms with Crippen LogP contribution in [0.4, 0.5) is 0 Å². The number of carboxylic acid groups (broad SMARTS) is 1. The maximum atomic E-state index is 12.5. The molecule has 0 aliphatic carbocycles. The van der Waals surface area contributed by atoms with Gasteiger partial charge < -0.3 is 25.2 Å². The molecule has 0 bridgehead atoms. The van der Waals surface area contributed by atoms with Crippen molar-refractivity contribution in [1.82, 2.24) is 0 Å². The normalized spacial score (nSPS) is 14.2. The molecule has 0 aromatic carbocycles. The van der Waals surface area contributed by atoms with E-state index in [0.29, 0.717) is 12.8 Å². The van der Waals surface area contributed by atoms with E-state index in [2.05, 4.69) is 42.7 Å². The second-order valence-corrected chi connectivity index (χ2v) is 14.5. The van der Waals surface area contributed by atoms with Crippen molar-refractivity contribution in [2.75, 3.05) is 19.8 Å². The minimum Gasteiger partial charge on any atom is -0.480 e. The van der Waals surface area contributed by atoms with Crippen LogP contribution in [0.25, 0.3) is 0 Å². The molecule has 3 atom stereocenters. The molecule has 0 aromatic rings. The van der Waals surface area contributed by atoms with Crippen LogP contribution in [0.2, 0.25) is 0 Å². The monoisotopic (exact) mass is 731 g/mol. The molecule has 0 fully saturated rings. The molecule has 0 saturated carbocycles. The summed E-state index contributed by atoms with van der Waals surface area (Å²) in [6.45, 7) is 2.71. The number of hydrogen-bond donors (Lipinski definition) is 3. The van der Waals surface area contributed by atoms with Gasteiger partial charge in [-0.25, -0.2) is 4.57 Å². The molecule has 0 aliphatic rings. The number of carbonyl (C=O) groups is 3. The maximum Gasteiger partial charge on any atom is 0.472 e. The number of allylic oxidation sites excluding steroid dienone is 4. The lowest BCUT2D eigenvalue weighted by atomic mass is 10.0. The molecule has 0 saturated heterocycles. The Hall–Kier alpha value is -2.04. The topological polar surface area (TPSA) is 172 Å². The third kappa shape index (κ3) is 33.1.